The Kier molecular flexibility index (Phi) is 5.48. The van der Waals surface area contributed by atoms with E-state index in [1.54, 1.807) is 0 Å². The number of halogens is 1. The van der Waals surface area contributed by atoms with Crippen molar-refractivity contribution >= 4 is 27.9 Å². The van der Waals surface area contributed by atoms with Gasteiger partial charge in [-0.05, 0) is 19.3 Å². The average molecular weight is 285 g/mol. The molecule has 6 nitrogen and oxygen atoms in total. The molecule has 100 valence electrons. The minimum absolute atomic E-state index is 0.0274. The largest absolute Gasteiger partial charge is 0.452 e. The van der Waals surface area contributed by atoms with Gasteiger partial charge in [0.2, 0.25) is 0 Å². The van der Waals surface area contributed by atoms with Crippen LogP contribution >= 0.6 is 11.6 Å². The molecule has 17 heavy (non-hydrogen) atoms. The summed E-state index contributed by atoms with van der Waals surface area (Å²) in [6.45, 7) is 0.320. The molecule has 0 aromatic carbocycles. The third-order valence-corrected chi connectivity index (χ3v) is 4.49. The number of nitrogens with one attached hydrogen (secondary N) is 1. The smallest absolute Gasteiger partial charge is 0.421 e. The highest BCUT2D eigenvalue weighted by molar-refractivity contribution is 7.87. The topological polar surface area (TPSA) is 75.7 Å². The number of amides is 1. The number of carbonyl (C=O) groups is 1. The molecule has 0 radical (unpaired) electrons. The van der Waals surface area contributed by atoms with E-state index in [9.17, 15) is 13.2 Å². The Bertz CT molecular complexity index is 356. The molecule has 1 aliphatic rings. The maximum atomic E-state index is 11.9. The van der Waals surface area contributed by atoms with E-state index in [0.717, 1.165) is 26.4 Å². The zero-order chi connectivity index (χ0) is 12.9. The third-order valence-electron chi connectivity index (χ3n) is 2.70. The first-order chi connectivity index (χ1) is 8.01. The van der Waals surface area contributed by atoms with E-state index in [1.807, 2.05) is 4.72 Å². The molecular formula is C9H17ClN2O4S. The number of rotatable bonds is 6. The summed E-state index contributed by atoms with van der Waals surface area (Å²) in [5, 5.41) is 0. The lowest BCUT2D eigenvalue weighted by Crippen LogP contribution is -2.51. The maximum absolute atomic E-state index is 11.9. The Morgan fingerprint density at radius 3 is 2.59 bits per heavy atom. The van der Waals surface area contributed by atoms with Crippen LogP contribution in [0.3, 0.4) is 0 Å². The van der Waals surface area contributed by atoms with Crippen molar-refractivity contribution in [1.82, 2.24) is 9.03 Å². The molecule has 0 heterocycles. The molecule has 0 aromatic heterocycles. The van der Waals surface area contributed by atoms with Crippen molar-refractivity contribution in [3.05, 3.63) is 0 Å². The molecule has 1 N–H and O–H groups in total. The summed E-state index contributed by atoms with van der Waals surface area (Å²) in [6, 6.07) is -0.0274. The van der Waals surface area contributed by atoms with Crippen molar-refractivity contribution < 1.29 is 17.9 Å². The van der Waals surface area contributed by atoms with Gasteiger partial charge in [0.25, 0.3) is 0 Å². The van der Waals surface area contributed by atoms with Gasteiger partial charge in [-0.15, -0.1) is 11.6 Å². The van der Waals surface area contributed by atoms with Crippen molar-refractivity contribution in [2.45, 2.75) is 31.7 Å². The molecule has 1 fully saturated rings. The molecule has 1 rings (SSSR count). The Labute approximate surface area is 106 Å². The lowest BCUT2D eigenvalue weighted by atomic mass is 9.93. The molecule has 0 bridgehead atoms. The van der Waals surface area contributed by atoms with Crippen molar-refractivity contribution in [2.75, 3.05) is 19.5 Å². The Hall–Kier alpha value is -0.530. The zero-order valence-corrected chi connectivity index (χ0v) is 11.3. The summed E-state index contributed by atoms with van der Waals surface area (Å²) in [6.07, 6.45) is 2.24. The normalized spacial score (nSPS) is 16.6. The highest BCUT2D eigenvalue weighted by atomic mass is 35.5. The summed E-state index contributed by atoms with van der Waals surface area (Å²) < 4.78 is 31.3. The van der Waals surface area contributed by atoms with Crippen LogP contribution in [-0.2, 0) is 14.9 Å². The van der Waals surface area contributed by atoms with E-state index in [2.05, 4.69) is 4.74 Å². The highest BCUT2D eigenvalue weighted by Gasteiger charge is 2.34. The van der Waals surface area contributed by atoms with Crippen molar-refractivity contribution in [3.8, 4) is 0 Å². The van der Waals surface area contributed by atoms with Crippen LogP contribution in [0.2, 0.25) is 0 Å². The van der Waals surface area contributed by atoms with Crippen molar-refractivity contribution in [1.29, 1.82) is 0 Å². The molecular weight excluding hydrogens is 268 g/mol. The second-order valence-electron chi connectivity index (χ2n) is 3.84. The molecule has 1 amide bonds. The van der Waals surface area contributed by atoms with Gasteiger partial charge >= 0.3 is 16.3 Å². The van der Waals surface area contributed by atoms with E-state index in [-0.39, 0.29) is 6.04 Å². The van der Waals surface area contributed by atoms with Crippen LogP contribution in [0, 0.1) is 0 Å². The van der Waals surface area contributed by atoms with E-state index >= 15 is 0 Å². The second kappa shape index (κ2) is 6.42. The van der Waals surface area contributed by atoms with E-state index in [1.165, 1.54) is 4.31 Å². The van der Waals surface area contributed by atoms with Gasteiger partial charge in [-0.25, -0.2) is 9.52 Å². The van der Waals surface area contributed by atoms with Crippen LogP contribution in [0.4, 0.5) is 4.79 Å². The van der Waals surface area contributed by atoms with Gasteiger partial charge in [0.05, 0.1) is 7.11 Å². The van der Waals surface area contributed by atoms with Crippen molar-refractivity contribution in [2.24, 2.45) is 0 Å². The standard InChI is InChI=1S/C9H17ClN2O4S/c1-16-9(13)11-17(14,15)12(7-3-6-10)8-4-2-5-8/h8H,2-7H2,1H3,(H,11,13). The lowest BCUT2D eigenvalue weighted by Gasteiger charge is -2.35. The van der Waals surface area contributed by atoms with Gasteiger partial charge in [-0.1, -0.05) is 6.42 Å². The van der Waals surface area contributed by atoms with Gasteiger partial charge in [0, 0.05) is 18.5 Å². The molecule has 1 aliphatic carbocycles. The van der Waals surface area contributed by atoms with E-state index in [4.69, 9.17) is 11.6 Å². The van der Waals surface area contributed by atoms with Gasteiger partial charge in [0.1, 0.15) is 0 Å². The first-order valence-electron chi connectivity index (χ1n) is 5.44. The molecule has 0 saturated heterocycles. The number of nitrogens with zero attached hydrogens (tertiary/aromatic N) is 1. The maximum Gasteiger partial charge on any atom is 0.421 e. The minimum atomic E-state index is -3.82. The quantitative estimate of drug-likeness (QED) is 0.740. The molecule has 8 heteroatoms. The summed E-state index contributed by atoms with van der Waals surface area (Å²) in [4.78, 5) is 11.0. The van der Waals surface area contributed by atoms with Gasteiger partial charge < -0.3 is 4.74 Å². The molecule has 0 aliphatic heterocycles. The summed E-state index contributed by atoms with van der Waals surface area (Å²) in [5.41, 5.74) is 0. The van der Waals surface area contributed by atoms with Crippen LogP contribution in [0.5, 0.6) is 0 Å². The van der Waals surface area contributed by atoms with Crippen LogP contribution in [0.15, 0.2) is 0 Å². The Morgan fingerprint density at radius 1 is 1.53 bits per heavy atom. The predicted octanol–water partition coefficient (Wildman–Crippen LogP) is 1.07. The molecule has 0 aromatic rings. The first kappa shape index (κ1) is 14.5. The Morgan fingerprint density at radius 2 is 2.18 bits per heavy atom. The Balaban J connectivity index is 2.69. The number of methoxy groups -OCH3 is 1. The first-order valence-corrected chi connectivity index (χ1v) is 7.42. The predicted molar refractivity (Wildman–Crippen MR) is 64.1 cm³/mol. The van der Waals surface area contributed by atoms with Crippen LogP contribution < -0.4 is 4.72 Å². The number of hydrogen-bond donors (Lipinski definition) is 1. The second-order valence-corrected chi connectivity index (χ2v) is 5.84. The van der Waals surface area contributed by atoms with Crippen LogP contribution in [0.25, 0.3) is 0 Å². The zero-order valence-electron chi connectivity index (χ0n) is 9.69. The molecule has 0 spiro atoms. The van der Waals surface area contributed by atoms with Gasteiger partial charge in [0.15, 0.2) is 0 Å². The van der Waals surface area contributed by atoms with Gasteiger partial charge in [-0.2, -0.15) is 12.7 Å². The summed E-state index contributed by atoms with van der Waals surface area (Å²) in [7, 11) is -2.69. The van der Waals surface area contributed by atoms with E-state index in [0.29, 0.717) is 18.8 Å². The molecule has 0 atom stereocenters. The monoisotopic (exact) mass is 284 g/mol. The minimum Gasteiger partial charge on any atom is -0.452 e. The number of alkyl halides is 1. The number of carbonyl (C=O) groups excluding carboxylic acids is 1. The summed E-state index contributed by atoms with van der Waals surface area (Å²) in [5.74, 6) is 0.386. The fourth-order valence-corrected chi connectivity index (χ4v) is 3.10. The lowest BCUT2D eigenvalue weighted by molar-refractivity contribution is 0.174. The van der Waals surface area contributed by atoms with Crippen LogP contribution in [0.1, 0.15) is 25.7 Å². The molecule has 1 saturated carbocycles. The summed E-state index contributed by atoms with van der Waals surface area (Å²) >= 11 is 5.56. The fraction of sp³-hybridized carbons (Fsp3) is 0.889. The number of ether oxygens (including phenoxy) is 1. The molecule has 0 unspecified atom stereocenters. The average Bonchev–Trinajstić information content (AvgIpc) is 2.20. The highest BCUT2D eigenvalue weighted by Crippen LogP contribution is 2.26. The van der Waals surface area contributed by atoms with E-state index < -0.39 is 16.3 Å². The fourth-order valence-electron chi connectivity index (χ4n) is 1.59. The number of hydrogen-bond acceptors (Lipinski definition) is 4. The van der Waals surface area contributed by atoms with Gasteiger partial charge in [-0.3, -0.25) is 0 Å². The van der Waals surface area contributed by atoms with Crippen molar-refractivity contribution in [3.63, 3.8) is 0 Å². The third kappa shape index (κ3) is 4.01. The van der Waals surface area contributed by atoms with Crippen LogP contribution in [-0.4, -0.2) is 44.4 Å². The SMILES string of the molecule is COC(=O)NS(=O)(=O)N(CCCCl)C1CCC1.